The first-order valence-electron chi connectivity index (χ1n) is 12.9. The molecule has 212 valence electrons. The normalized spacial score (nSPS) is 17.5. The number of thiophene rings is 1. The van der Waals surface area contributed by atoms with Crippen LogP contribution in [0, 0.1) is 6.92 Å². The number of fused-ring (bicyclic) bond motifs is 3. The molecule has 4 aromatic heterocycles. The predicted molar refractivity (Wildman–Crippen MR) is 152 cm³/mol. The number of amides is 1. The molecule has 1 aliphatic heterocycles. The third kappa shape index (κ3) is 4.59. The zero-order valence-electron chi connectivity index (χ0n) is 22.5. The minimum absolute atomic E-state index is 0.115. The fourth-order valence-electron chi connectivity index (χ4n) is 5.39. The van der Waals surface area contributed by atoms with Gasteiger partial charge in [-0.05, 0) is 31.2 Å². The van der Waals surface area contributed by atoms with E-state index in [0.717, 1.165) is 20.0 Å². The minimum atomic E-state index is -3.96. The Balaban J connectivity index is 1.58. The lowest BCUT2D eigenvalue weighted by Gasteiger charge is -2.22. The van der Waals surface area contributed by atoms with Crippen LogP contribution in [0.4, 0.5) is 0 Å². The number of esters is 1. The summed E-state index contributed by atoms with van der Waals surface area (Å²) < 4.78 is 35.7. The number of imidazole rings is 1. The largest absolute Gasteiger partial charge is 0.461 e. The van der Waals surface area contributed by atoms with E-state index in [1.54, 1.807) is 41.4 Å². The minimum Gasteiger partial charge on any atom is -0.461 e. The summed E-state index contributed by atoms with van der Waals surface area (Å²) in [5.41, 5.74) is 3.59. The maximum absolute atomic E-state index is 13.6. The first-order valence-corrected chi connectivity index (χ1v) is 15.2. The molecular formula is C28H27N5O6S2. The zero-order chi connectivity index (χ0) is 29.1. The van der Waals surface area contributed by atoms with Crippen LogP contribution < -0.4 is 0 Å². The number of carbonyl (C=O) groups excluding carboxylic acids is 2. The number of aliphatic hydroxyl groups excluding tert-OH is 1. The Morgan fingerprint density at radius 1 is 1.15 bits per heavy atom. The standard InChI is InChI=1S/C28H27N5O6S2/c1-16-4-6-22(7-5-16)41(37,38)32-9-8-23-27(32)29-12-25-26(19-10-21(14-34)40-15-19)30-28(33(23)25)24-11-20(39-18(3)36)13-31(24)17(2)35/h4-10,12,15,20,24,34H,11,13-14H2,1-3H3/t20-,24-/m1/s1. The molecule has 0 radical (unpaired) electrons. The molecule has 0 aliphatic carbocycles. The summed E-state index contributed by atoms with van der Waals surface area (Å²) in [6.45, 7) is 4.77. The van der Waals surface area contributed by atoms with Crippen LogP contribution in [0.2, 0.25) is 0 Å². The van der Waals surface area contributed by atoms with Gasteiger partial charge in [0.15, 0.2) is 5.65 Å². The molecule has 1 fully saturated rings. The highest BCUT2D eigenvalue weighted by molar-refractivity contribution is 7.90. The second kappa shape index (κ2) is 10.1. The molecule has 5 heterocycles. The maximum atomic E-state index is 13.6. The fraction of sp³-hybridized carbons (Fsp3) is 0.286. The van der Waals surface area contributed by atoms with Crippen molar-refractivity contribution in [1.29, 1.82) is 0 Å². The van der Waals surface area contributed by atoms with Gasteiger partial charge in [0.2, 0.25) is 5.91 Å². The molecule has 2 atom stereocenters. The monoisotopic (exact) mass is 593 g/mol. The third-order valence-electron chi connectivity index (χ3n) is 7.25. The third-order valence-corrected chi connectivity index (χ3v) is 9.86. The number of aliphatic hydroxyl groups is 1. The molecule has 5 aromatic rings. The second-order valence-electron chi connectivity index (χ2n) is 10.1. The van der Waals surface area contributed by atoms with E-state index in [-0.39, 0.29) is 29.6 Å². The number of ether oxygens (including phenoxy) is 1. The number of carbonyl (C=O) groups is 2. The Kier molecular flexibility index (Phi) is 6.67. The first-order chi connectivity index (χ1) is 19.6. The summed E-state index contributed by atoms with van der Waals surface area (Å²) in [6, 6.07) is 9.56. The number of rotatable bonds is 6. The molecule has 1 aromatic carbocycles. The molecule has 1 aliphatic rings. The predicted octanol–water partition coefficient (Wildman–Crippen LogP) is 3.68. The van der Waals surface area contributed by atoms with Gasteiger partial charge in [0, 0.05) is 42.3 Å². The lowest BCUT2D eigenvalue weighted by atomic mass is 10.2. The molecule has 1 saturated heterocycles. The van der Waals surface area contributed by atoms with Crippen molar-refractivity contribution < 1.29 is 27.9 Å². The first kappa shape index (κ1) is 27.1. The second-order valence-corrected chi connectivity index (χ2v) is 12.9. The molecule has 0 saturated carbocycles. The van der Waals surface area contributed by atoms with Crippen LogP contribution in [0.25, 0.3) is 27.9 Å². The number of nitrogens with zero attached hydrogens (tertiary/aromatic N) is 5. The van der Waals surface area contributed by atoms with E-state index in [4.69, 9.17) is 9.72 Å². The van der Waals surface area contributed by atoms with Crippen molar-refractivity contribution in [3.63, 3.8) is 0 Å². The van der Waals surface area contributed by atoms with Gasteiger partial charge in [0.25, 0.3) is 10.0 Å². The molecule has 0 unspecified atom stereocenters. The summed E-state index contributed by atoms with van der Waals surface area (Å²) >= 11 is 1.39. The zero-order valence-corrected chi connectivity index (χ0v) is 24.1. The van der Waals surface area contributed by atoms with Gasteiger partial charge in [-0.2, -0.15) is 0 Å². The van der Waals surface area contributed by atoms with Crippen molar-refractivity contribution in [2.45, 2.75) is 50.8 Å². The number of aromatic nitrogens is 4. The summed E-state index contributed by atoms with van der Waals surface area (Å²) in [7, 11) is -3.96. The summed E-state index contributed by atoms with van der Waals surface area (Å²) in [4.78, 5) is 36.5. The summed E-state index contributed by atoms with van der Waals surface area (Å²) in [5, 5.41) is 11.5. The Morgan fingerprint density at radius 2 is 1.90 bits per heavy atom. The van der Waals surface area contributed by atoms with E-state index in [1.165, 1.54) is 31.4 Å². The average molecular weight is 594 g/mol. The summed E-state index contributed by atoms with van der Waals surface area (Å²) in [6.07, 6.45) is 2.85. The van der Waals surface area contributed by atoms with E-state index in [9.17, 15) is 23.1 Å². The van der Waals surface area contributed by atoms with Crippen LogP contribution in [-0.2, 0) is 31.0 Å². The highest BCUT2D eigenvalue weighted by atomic mass is 32.2. The van der Waals surface area contributed by atoms with Gasteiger partial charge in [-0.1, -0.05) is 17.7 Å². The molecule has 0 spiro atoms. The number of likely N-dealkylation sites (tertiary alicyclic amines) is 1. The van der Waals surface area contributed by atoms with Crippen molar-refractivity contribution >= 4 is 49.9 Å². The van der Waals surface area contributed by atoms with Crippen LogP contribution in [0.15, 0.2) is 59.1 Å². The van der Waals surface area contributed by atoms with Crippen molar-refractivity contribution in [1.82, 2.24) is 23.2 Å². The Hall–Kier alpha value is -4.07. The van der Waals surface area contributed by atoms with E-state index in [2.05, 4.69) is 4.98 Å². The summed E-state index contributed by atoms with van der Waals surface area (Å²) in [5.74, 6) is -0.145. The van der Waals surface area contributed by atoms with Gasteiger partial charge in [-0.25, -0.2) is 22.4 Å². The van der Waals surface area contributed by atoms with Crippen molar-refractivity contribution in [2.24, 2.45) is 0 Å². The molecule has 41 heavy (non-hydrogen) atoms. The van der Waals surface area contributed by atoms with E-state index >= 15 is 0 Å². The lowest BCUT2D eigenvalue weighted by Crippen LogP contribution is -2.31. The molecule has 6 rings (SSSR count). The van der Waals surface area contributed by atoms with Gasteiger partial charge in [-0.3, -0.25) is 14.0 Å². The number of hydrogen-bond donors (Lipinski definition) is 1. The molecular weight excluding hydrogens is 566 g/mol. The smallest absolute Gasteiger partial charge is 0.302 e. The van der Waals surface area contributed by atoms with Crippen LogP contribution in [0.5, 0.6) is 0 Å². The molecule has 11 nitrogen and oxygen atoms in total. The molecule has 1 N–H and O–H groups in total. The maximum Gasteiger partial charge on any atom is 0.302 e. The Bertz CT molecular complexity index is 1920. The van der Waals surface area contributed by atoms with Gasteiger partial charge < -0.3 is 14.7 Å². The van der Waals surface area contributed by atoms with Crippen molar-refractivity contribution in [3.05, 3.63) is 70.4 Å². The SMILES string of the molecule is CC(=O)O[C@@H]1C[C@H](c2nc(-c3csc(CO)c3)c3cnc4c(ccn4S(=O)(=O)c4ccc(C)cc4)n23)N(C(C)=O)C1. The quantitative estimate of drug-likeness (QED) is 0.295. The van der Waals surface area contributed by atoms with E-state index < -0.39 is 28.1 Å². The fourth-order valence-corrected chi connectivity index (χ4v) is 7.42. The van der Waals surface area contributed by atoms with Gasteiger partial charge in [0.05, 0.1) is 47.0 Å². The van der Waals surface area contributed by atoms with Crippen LogP contribution >= 0.6 is 11.3 Å². The van der Waals surface area contributed by atoms with Gasteiger partial charge in [-0.15, -0.1) is 11.3 Å². The van der Waals surface area contributed by atoms with E-state index in [1.807, 2.05) is 22.8 Å². The number of aryl methyl sites for hydroxylation is 1. The van der Waals surface area contributed by atoms with Crippen molar-refractivity contribution in [2.75, 3.05) is 6.54 Å². The number of benzene rings is 1. The Labute approximate surface area is 239 Å². The highest BCUT2D eigenvalue weighted by Gasteiger charge is 2.40. The van der Waals surface area contributed by atoms with Crippen LogP contribution in [0.3, 0.4) is 0 Å². The molecule has 0 bridgehead atoms. The van der Waals surface area contributed by atoms with Crippen molar-refractivity contribution in [3.8, 4) is 11.3 Å². The van der Waals surface area contributed by atoms with Crippen LogP contribution in [0.1, 0.15) is 42.6 Å². The van der Waals surface area contributed by atoms with Crippen LogP contribution in [-0.4, -0.2) is 61.3 Å². The Morgan fingerprint density at radius 3 is 2.56 bits per heavy atom. The van der Waals surface area contributed by atoms with Gasteiger partial charge in [0.1, 0.15) is 11.9 Å². The van der Waals surface area contributed by atoms with E-state index in [0.29, 0.717) is 29.0 Å². The lowest BCUT2D eigenvalue weighted by molar-refractivity contribution is -0.146. The number of hydrogen-bond acceptors (Lipinski definition) is 9. The molecule has 13 heteroatoms. The molecule has 1 amide bonds. The topological polar surface area (TPSA) is 136 Å². The average Bonchev–Trinajstić information content (AvgIpc) is 3.71. The highest BCUT2D eigenvalue weighted by Crippen LogP contribution is 2.39. The van der Waals surface area contributed by atoms with Gasteiger partial charge >= 0.3 is 5.97 Å².